The second kappa shape index (κ2) is 5.94. The largest absolute Gasteiger partial charge is 0.339 e. The van der Waals surface area contributed by atoms with Gasteiger partial charge in [0.2, 0.25) is 15.9 Å². The lowest BCUT2D eigenvalue weighted by Gasteiger charge is -2.34. The molecule has 0 amide bonds. The first-order valence-corrected chi connectivity index (χ1v) is 9.33. The fourth-order valence-corrected chi connectivity index (χ4v) is 3.58. The molecule has 1 fully saturated rings. The zero-order valence-corrected chi connectivity index (χ0v) is 14.9. The molecule has 1 aromatic heterocycles. The van der Waals surface area contributed by atoms with Gasteiger partial charge in [-0.3, -0.25) is 0 Å². The molecule has 8 heteroatoms. The topological polar surface area (TPSA) is 102 Å². The van der Waals surface area contributed by atoms with Gasteiger partial charge in [0, 0.05) is 14.1 Å². The summed E-state index contributed by atoms with van der Waals surface area (Å²) in [5.41, 5.74) is 6.67. The number of nitrogens with zero attached hydrogens (tertiary/aromatic N) is 3. The Labute approximate surface area is 141 Å². The van der Waals surface area contributed by atoms with Crippen molar-refractivity contribution in [3.8, 4) is 0 Å². The van der Waals surface area contributed by atoms with E-state index in [1.807, 2.05) is 6.92 Å². The lowest BCUT2D eigenvalue weighted by molar-refractivity contribution is 0.228. The van der Waals surface area contributed by atoms with Gasteiger partial charge >= 0.3 is 0 Å². The van der Waals surface area contributed by atoms with E-state index in [4.69, 9.17) is 10.3 Å². The van der Waals surface area contributed by atoms with Crippen LogP contribution in [0, 0.1) is 0 Å². The van der Waals surface area contributed by atoms with Crippen molar-refractivity contribution < 1.29 is 12.9 Å². The minimum atomic E-state index is -3.43. The highest BCUT2D eigenvalue weighted by atomic mass is 32.2. The maximum atomic E-state index is 12.1. The van der Waals surface area contributed by atoms with Crippen LogP contribution in [0.5, 0.6) is 0 Å². The fourth-order valence-electron chi connectivity index (χ4n) is 2.68. The summed E-state index contributed by atoms with van der Waals surface area (Å²) in [4.78, 5) is 4.71. The van der Waals surface area contributed by atoms with Crippen LogP contribution in [0.15, 0.2) is 33.7 Å². The van der Waals surface area contributed by atoms with Gasteiger partial charge < -0.3 is 10.3 Å². The summed E-state index contributed by atoms with van der Waals surface area (Å²) in [6.45, 7) is 1.94. The van der Waals surface area contributed by atoms with Gasteiger partial charge in [-0.1, -0.05) is 17.3 Å². The van der Waals surface area contributed by atoms with E-state index in [9.17, 15) is 8.42 Å². The van der Waals surface area contributed by atoms with Gasteiger partial charge in [0.1, 0.15) is 0 Å². The number of aromatic nitrogens is 2. The quantitative estimate of drug-likeness (QED) is 0.882. The van der Waals surface area contributed by atoms with Crippen LogP contribution >= 0.6 is 0 Å². The standard InChI is InChI=1S/C16H22N4O3S/c1-11(14-18-15(19-23-14)16(17)9-4-10-16)12-5-7-13(8-6-12)24(21,22)20(2)3/h5-8,11H,4,9-10,17H2,1-3H3. The molecule has 1 aliphatic rings. The van der Waals surface area contributed by atoms with E-state index in [1.54, 1.807) is 24.3 Å². The molecule has 7 nitrogen and oxygen atoms in total. The Morgan fingerprint density at radius 2 is 1.88 bits per heavy atom. The summed E-state index contributed by atoms with van der Waals surface area (Å²) in [5, 5.41) is 4.02. The molecule has 2 aromatic rings. The van der Waals surface area contributed by atoms with Crippen molar-refractivity contribution in [2.45, 2.75) is 42.5 Å². The first kappa shape index (κ1) is 17.1. The third kappa shape index (κ3) is 2.85. The van der Waals surface area contributed by atoms with Crippen LogP contribution in [0.4, 0.5) is 0 Å². The van der Waals surface area contributed by atoms with Crippen LogP contribution in [0.25, 0.3) is 0 Å². The van der Waals surface area contributed by atoms with Crippen molar-refractivity contribution in [1.29, 1.82) is 0 Å². The fraction of sp³-hybridized carbons (Fsp3) is 0.500. The third-order valence-corrected chi connectivity index (χ3v) is 6.49. The number of hydrogen-bond acceptors (Lipinski definition) is 6. The van der Waals surface area contributed by atoms with E-state index in [0.29, 0.717) is 11.7 Å². The molecule has 2 N–H and O–H groups in total. The van der Waals surface area contributed by atoms with E-state index < -0.39 is 15.6 Å². The minimum Gasteiger partial charge on any atom is -0.339 e. The molecule has 0 spiro atoms. The van der Waals surface area contributed by atoms with Gasteiger partial charge in [-0.05, 0) is 43.9 Å². The normalized spacial score (nSPS) is 18.4. The smallest absolute Gasteiger partial charge is 0.242 e. The molecule has 0 aliphatic heterocycles. The number of rotatable bonds is 5. The molecule has 0 radical (unpaired) electrons. The number of hydrogen-bond donors (Lipinski definition) is 1. The molecule has 1 saturated carbocycles. The van der Waals surface area contributed by atoms with Gasteiger partial charge in [-0.2, -0.15) is 4.98 Å². The number of sulfonamides is 1. The molecule has 0 bridgehead atoms. The van der Waals surface area contributed by atoms with E-state index in [1.165, 1.54) is 18.4 Å². The lowest BCUT2D eigenvalue weighted by atomic mass is 9.77. The first-order chi connectivity index (χ1) is 11.2. The highest BCUT2D eigenvalue weighted by Crippen LogP contribution is 2.37. The van der Waals surface area contributed by atoms with Gasteiger partial charge in [0.15, 0.2) is 5.82 Å². The Hall–Kier alpha value is -1.77. The second-order valence-corrected chi connectivity index (χ2v) is 8.70. The predicted octanol–water partition coefficient (Wildman–Crippen LogP) is 1.81. The van der Waals surface area contributed by atoms with E-state index >= 15 is 0 Å². The highest BCUT2D eigenvalue weighted by Gasteiger charge is 2.39. The third-order valence-electron chi connectivity index (χ3n) is 4.66. The van der Waals surface area contributed by atoms with Crippen LogP contribution in [-0.2, 0) is 15.6 Å². The summed E-state index contributed by atoms with van der Waals surface area (Å²) in [6, 6.07) is 6.72. The Morgan fingerprint density at radius 1 is 1.25 bits per heavy atom. The molecular formula is C16H22N4O3S. The molecule has 130 valence electrons. The van der Waals surface area contributed by atoms with Crippen molar-refractivity contribution in [2.24, 2.45) is 5.73 Å². The molecule has 1 unspecified atom stereocenters. The number of nitrogens with two attached hydrogens (primary N) is 1. The predicted molar refractivity (Wildman–Crippen MR) is 88.8 cm³/mol. The lowest BCUT2D eigenvalue weighted by Crippen LogP contribution is -2.44. The summed E-state index contributed by atoms with van der Waals surface area (Å²) in [6.07, 6.45) is 2.83. The Balaban J connectivity index is 1.82. The molecule has 1 atom stereocenters. The van der Waals surface area contributed by atoms with Crippen LogP contribution < -0.4 is 5.73 Å². The van der Waals surface area contributed by atoms with Crippen molar-refractivity contribution in [3.63, 3.8) is 0 Å². The van der Waals surface area contributed by atoms with Crippen LogP contribution in [0.1, 0.15) is 49.4 Å². The zero-order chi connectivity index (χ0) is 17.5. The van der Waals surface area contributed by atoms with Gasteiger partial charge in [-0.15, -0.1) is 0 Å². The monoisotopic (exact) mass is 350 g/mol. The molecule has 1 heterocycles. The summed E-state index contributed by atoms with van der Waals surface area (Å²) >= 11 is 0. The molecule has 1 aliphatic carbocycles. The van der Waals surface area contributed by atoms with E-state index in [2.05, 4.69) is 10.1 Å². The van der Waals surface area contributed by atoms with Gasteiger partial charge in [0.25, 0.3) is 0 Å². The molecular weight excluding hydrogens is 328 g/mol. The van der Waals surface area contributed by atoms with Crippen LogP contribution in [-0.4, -0.2) is 37.0 Å². The Kier molecular flexibility index (Phi) is 4.23. The highest BCUT2D eigenvalue weighted by molar-refractivity contribution is 7.89. The van der Waals surface area contributed by atoms with E-state index in [0.717, 1.165) is 24.8 Å². The number of benzene rings is 1. The molecule has 1 aromatic carbocycles. The van der Waals surface area contributed by atoms with Crippen molar-refractivity contribution >= 4 is 10.0 Å². The van der Waals surface area contributed by atoms with Crippen LogP contribution in [0.2, 0.25) is 0 Å². The van der Waals surface area contributed by atoms with Gasteiger partial charge in [-0.25, -0.2) is 12.7 Å². The summed E-state index contributed by atoms with van der Waals surface area (Å²) in [5.74, 6) is 0.915. The Bertz CT molecular complexity index is 823. The Morgan fingerprint density at radius 3 is 2.38 bits per heavy atom. The minimum absolute atomic E-state index is 0.133. The van der Waals surface area contributed by atoms with Crippen molar-refractivity contribution in [1.82, 2.24) is 14.4 Å². The second-order valence-electron chi connectivity index (χ2n) is 6.54. The van der Waals surface area contributed by atoms with Gasteiger partial charge in [0.05, 0.1) is 16.4 Å². The SMILES string of the molecule is CC(c1ccc(S(=O)(=O)N(C)C)cc1)c1nc(C2(N)CCC2)no1. The average Bonchev–Trinajstić information content (AvgIpc) is 3.02. The molecule has 3 rings (SSSR count). The van der Waals surface area contributed by atoms with Crippen LogP contribution in [0.3, 0.4) is 0 Å². The zero-order valence-electron chi connectivity index (χ0n) is 14.1. The maximum Gasteiger partial charge on any atom is 0.242 e. The average molecular weight is 350 g/mol. The van der Waals surface area contributed by atoms with Crippen molar-refractivity contribution in [2.75, 3.05) is 14.1 Å². The first-order valence-electron chi connectivity index (χ1n) is 7.89. The summed E-state index contributed by atoms with van der Waals surface area (Å²) in [7, 11) is -0.412. The molecule has 0 saturated heterocycles. The van der Waals surface area contributed by atoms with Crippen molar-refractivity contribution in [3.05, 3.63) is 41.5 Å². The molecule has 24 heavy (non-hydrogen) atoms. The summed E-state index contributed by atoms with van der Waals surface area (Å²) < 4.78 is 30.8. The maximum absolute atomic E-state index is 12.1. The van der Waals surface area contributed by atoms with E-state index in [-0.39, 0.29) is 10.8 Å².